The summed E-state index contributed by atoms with van der Waals surface area (Å²) in [6.07, 6.45) is 0. The molecule has 2 heterocycles. The Balaban J connectivity index is 1.62. The van der Waals surface area contributed by atoms with Crippen LogP contribution in [0.5, 0.6) is 5.75 Å². The van der Waals surface area contributed by atoms with Crippen molar-refractivity contribution in [2.45, 2.75) is 11.8 Å². The predicted octanol–water partition coefficient (Wildman–Crippen LogP) is 4.09. The van der Waals surface area contributed by atoms with Gasteiger partial charge in [-0.25, -0.2) is 13.4 Å². The van der Waals surface area contributed by atoms with Crippen LogP contribution in [0.2, 0.25) is 0 Å². The molecule has 10 heteroatoms. The average molecular weight is 498 g/mol. The van der Waals surface area contributed by atoms with Gasteiger partial charge >= 0.3 is 0 Å². The van der Waals surface area contributed by atoms with Gasteiger partial charge in [0, 0.05) is 17.6 Å². The molecule has 0 aliphatic carbocycles. The van der Waals surface area contributed by atoms with Crippen LogP contribution in [0.25, 0.3) is 10.2 Å². The third kappa shape index (κ3) is 4.50. The fraction of sp³-hybridized carbons (Fsp3) is 0.316. The first-order chi connectivity index (χ1) is 14.0. The number of ether oxygens (including phenoxy) is 2. The molecule has 0 saturated carbocycles. The summed E-state index contributed by atoms with van der Waals surface area (Å²) in [5.74, 6) is 0.316. The first kappa shape index (κ1) is 20.4. The highest BCUT2D eigenvalue weighted by Gasteiger charge is 2.21. The lowest BCUT2D eigenvalue weighted by Crippen LogP contribution is -2.36. The number of halogens is 1. The van der Waals surface area contributed by atoms with Crippen molar-refractivity contribution < 1.29 is 17.9 Å². The van der Waals surface area contributed by atoms with Gasteiger partial charge in [-0.3, -0.25) is 4.72 Å². The minimum Gasteiger partial charge on any atom is -0.492 e. The van der Waals surface area contributed by atoms with E-state index in [4.69, 9.17) is 9.47 Å². The van der Waals surface area contributed by atoms with Crippen molar-refractivity contribution >= 4 is 58.3 Å². The minimum absolute atomic E-state index is 0.0899. The molecule has 0 radical (unpaired) electrons. The van der Waals surface area contributed by atoms with E-state index >= 15 is 0 Å². The van der Waals surface area contributed by atoms with E-state index in [9.17, 15) is 8.42 Å². The lowest BCUT2D eigenvalue weighted by Gasteiger charge is -2.25. The van der Waals surface area contributed by atoms with Gasteiger partial charge in [0.05, 0.1) is 35.7 Å². The summed E-state index contributed by atoms with van der Waals surface area (Å²) in [6.45, 7) is 5.19. The van der Waals surface area contributed by atoms with Crippen molar-refractivity contribution in [1.82, 2.24) is 4.98 Å². The van der Waals surface area contributed by atoms with Gasteiger partial charge in [0.2, 0.25) is 0 Å². The van der Waals surface area contributed by atoms with Gasteiger partial charge in [0.15, 0.2) is 5.13 Å². The molecule has 0 unspecified atom stereocenters. The summed E-state index contributed by atoms with van der Waals surface area (Å²) in [5, 5.41) is 0.925. The van der Waals surface area contributed by atoms with Crippen molar-refractivity contribution in [3.8, 4) is 5.75 Å². The number of nitrogens with zero attached hydrogens (tertiary/aromatic N) is 2. The third-order valence-electron chi connectivity index (χ3n) is 4.41. The molecule has 1 aliphatic rings. The van der Waals surface area contributed by atoms with E-state index in [2.05, 4.69) is 30.5 Å². The van der Waals surface area contributed by atoms with Crippen LogP contribution in [0.3, 0.4) is 0 Å². The molecule has 0 amide bonds. The quantitative estimate of drug-likeness (QED) is 0.552. The molecule has 4 rings (SSSR count). The Morgan fingerprint density at radius 2 is 2.03 bits per heavy atom. The van der Waals surface area contributed by atoms with Crippen molar-refractivity contribution in [3.63, 3.8) is 0 Å². The molecule has 154 valence electrons. The maximum Gasteiger partial charge on any atom is 0.265 e. The summed E-state index contributed by atoms with van der Waals surface area (Å²) in [5.41, 5.74) is 1.33. The van der Waals surface area contributed by atoms with Crippen LogP contribution in [0.15, 0.2) is 45.8 Å². The number of thiazole rings is 1. The Hall–Kier alpha value is -1.88. The maximum atomic E-state index is 13.0. The van der Waals surface area contributed by atoms with Crippen LogP contribution in [0.4, 0.5) is 10.8 Å². The van der Waals surface area contributed by atoms with E-state index in [1.54, 1.807) is 29.5 Å². The highest BCUT2D eigenvalue weighted by molar-refractivity contribution is 9.10. The zero-order chi connectivity index (χ0) is 20.4. The largest absolute Gasteiger partial charge is 0.492 e. The second-order valence-corrected chi connectivity index (χ2v) is 9.98. The Bertz CT molecular complexity index is 1130. The fourth-order valence-corrected chi connectivity index (χ4v) is 5.83. The van der Waals surface area contributed by atoms with Crippen LogP contribution in [0.1, 0.15) is 6.92 Å². The summed E-state index contributed by atoms with van der Waals surface area (Å²) < 4.78 is 41.1. The Morgan fingerprint density at radius 1 is 1.24 bits per heavy atom. The number of fused-ring (bicyclic) bond motifs is 1. The first-order valence-corrected chi connectivity index (χ1v) is 12.2. The molecule has 29 heavy (non-hydrogen) atoms. The standard InChI is InChI=1S/C19H20BrN3O4S2/c1-2-27-16-6-3-13(20)11-18(16)29(24,25)22-14-4-5-15-17(12-14)28-19(21-15)23-7-9-26-10-8-23/h3-6,11-12,22H,2,7-10H2,1H3. The molecule has 1 fully saturated rings. The number of anilines is 2. The van der Waals surface area contributed by atoms with Gasteiger partial charge in [-0.1, -0.05) is 27.3 Å². The fourth-order valence-electron chi connectivity index (χ4n) is 3.04. The maximum absolute atomic E-state index is 13.0. The molecule has 7 nitrogen and oxygen atoms in total. The summed E-state index contributed by atoms with van der Waals surface area (Å²) in [7, 11) is -3.82. The molecule has 1 saturated heterocycles. The smallest absolute Gasteiger partial charge is 0.265 e. The molecule has 0 spiro atoms. The van der Waals surface area contributed by atoms with Gasteiger partial charge in [0.1, 0.15) is 10.6 Å². The molecular formula is C19H20BrN3O4S2. The molecule has 3 aromatic rings. The van der Waals surface area contributed by atoms with Gasteiger partial charge in [-0.15, -0.1) is 0 Å². The van der Waals surface area contributed by atoms with Crippen LogP contribution in [0, 0.1) is 0 Å². The lowest BCUT2D eigenvalue weighted by atomic mass is 10.3. The molecule has 2 aromatic carbocycles. The monoisotopic (exact) mass is 497 g/mol. The number of sulfonamides is 1. The van der Waals surface area contributed by atoms with E-state index in [1.807, 2.05) is 19.1 Å². The van der Waals surface area contributed by atoms with Crippen LogP contribution >= 0.6 is 27.3 Å². The van der Waals surface area contributed by atoms with Crippen molar-refractivity contribution in [2.75, 3.05) is 42.5 Å². The normalized spacial score (nSPS) is 14.9. The number of morpholine rings is 1. The number of aromatic nitrogens is 1. The third-order valence-corrected chi connectivity index (χ3v) is 7.38. The lowest BCUT2D eigenvalue weighted by molar-refractivity contribution is 0.122. The average Bonchev–Trinajstić information content (AvgIpc) is 3.13. The summed E-state index contributed by atoms with van der Waals surface area (Å²) in [4.78, 5) is 6.95. The zero-order valence-electron chi connectivity index (χ0n) is 15.7. The topological polar surface area (TPSA) is 80.8 Å². The highest BCUT2D eigenvalue weighted by atomic mass is 79.9. The molecular weight excluding hydrogens is 478 g/mol. The molecule has 0 bridgehead atoms. The second-order valence-electron chi connectivity index (χ2n) is 6.41. The van der Waals surface area contributed by atoms with Crippen LogP contribution in [-0.4, -0.2) is 46.3 Å². The second kappa shape index (κ2) is 8.47. The molecule has 1 N–H and O–H groups in total. The minimum atomic E-state index is -3.82. The Kier molecular flexibility index (Phi) is 5.95. The number of hydrogen-bond acceptors (Lipinski definition) is 7. The van der Waals surface area contributed by atoms with E-state index in [0.717, 1.165) is 28.4 Å². The first-order valence-electron chi connectivity index (χ1n) is 9.15. The molecule has 0 atom stereocenters. The van der Waals surface area contributed by atoms with E-state index in [0.29, 0.717) is 35.7 Å². The number of hydrogen-bond donors (Lipinski definition) is 1. The highest BCUT2D eigenvalue weighted by Crippen LogP contribution is 2.33. The van der Waals surface area contributed by atoms with E-state index in [1.165, 1.54) is 6.07 Å². The Labute approximate surface area is 181 Å². The number of nitrogens with one attached hydrogen (secondary N) is 1. The van der Waals surface area contributed by atoms with Gasteiger partial charge < -0.3 is 14.4 Å². The number of rotatable bonds is 6. The Morgan fingerprint density at radius 3 is 2.79 bits per heavy atom. The van der Waals surface area contributed by atoms with Crippen LogP contribution in [-0.2, 0) is 14.8 Å². The van der Waals surface area contributed by atoms with Gasteiger partial charge in [-0.2, -0.15) is 0 Å². The van der Waals surface area contributed by atoms with E-state index in [-0.39, 0.29) is 4.90 Å². The molecule has 1 aliphatic heterocycles. The summed E-state index contributed by atoms with van der Waals surface area (Å²) >= 11 is 4.88. The van der Waals surface area contributed by atoms with Gasteiger partial charge in [-0.05, 0) is 43.3 Å². The van der Waals surface area contributed by atoms with Crippen LogP contribution < -0.4 is 14.4 Å². The van der Waals surface area contributed by atoms with Crippen molar-refractivity contribution in [1.29, 1.82) is 0 Å². The number of benzene rings is 2. The van der Waals surface area contributed by atoms with Gasteiger partial charge in [0.25, 0.3) is 10.0 Å². The van der Waals surface area contributed by atoms with E-state index < -0.39 is 10.0 Å². The van der Waals surface area contributed by atoms with Crippen molar-refractivity contribution in [3.05, 3.63) is 40.9 Å². The predicted molar refractivity (Wildman–Crippen MR) is 119 cm³/mol. The zero-order valence-corrected chi connectivity index (χ0v) is 18.9. The molecule has 1 aromatic heterocycles. The summed E-state index contributed by atoms with van der Waals surface area (Å²) in [6, 6.07) is 10.3. The SMILES string of the molecule is CCOc1ccc(Br)cc1S(=O)(=O)Nc1ccc2nc(N3CCOCC3)sc2c1. The van der Waals surface area contributed by atoms with Crippen molar-refractivity contribution in [2.24, 2.45) is 0 Å².